The molecule has 0 fully saturated rings. The summed E-state index contributed by atoms with van der Waals surface area (Å²) in [7, 11) is 0. The van der Waals surface area contributed by atoms with E-state index in [9.17, 15) is 0 Å². The molecule has 1 heteroatoms. The van der Waals surface area contributed by atoms with E-state index < -0.39 is 0 Å². The number of hydrogen-bond acceptors (Lipinski definition) is 1. The first-order valence-electron chi connectivity index (χ1n) is 6.20. The van der Waals surface area contributed by atoms with Crippen LogP contribution in [-0.4, -0.2) is 6.61 Å². The van der Waals surface area contributed by atoms with Gasteiger partial charge >= 0.3 is 0 Å². The third-order valence-corrected chi connectivity index (χ3v) is 2.66. The lowest BCUT2D eigenvalue weighted by atomic mass is 10.1. The lowest BCUT2D eigenvalue weighted by molar-refractivity contribution is 0.302. The van der Waals surface area contributed by atoms with Crippen molar-refractivity contribution in [3.05, 3.63) is 42.5 Å². The van der Waals surface area contributed by atoms with Crippen molar-refractivity contribution in [2.75, 3.05) is 6.61 Å². The SMILES string of the molecule is C=CCCCCCOc1ccccc1CC. The minimum Gasteiger partial charge on any atom is -0.493 e. The van der Waals surface area contributed by atoms with E-state index in [1.165, 1.54) is 18.4 Å². The second-order valence-corrected chi connectivity index (χ2v) is 3.95. The van der Waals surface area contributed by atoms with Crippen molar-refractivity contribution < 1.29 is 4.74 Å². The zero-order valence-corrected chi connectivity index (χ0v) is 10.2. The quantitative estimate of drug-likeness (QED) is 0.465. The highest BCUT2D eigenvalue weighted by molar-refractivity contribution is 5.33. The molecule has 0 spiro atoms. The molecule has 0 atom stereocenters. The average molecular weight is 218 g/mol. The summed E-state index contributed by atoms with van der Waals surface area (Å²) in [5.41, 5.74) is 1.30. The van der Waals surface area contributed by atoms with Crippen LogP contribution in [0.25, 0.3) is 0 Å². The van der Waals surface area contributed by atoms with Crippen molar-refractivity contribution in [3.63, 3.8) is 0 Å². The predicted octanol–water partition coefficient (Wildman–Crippen LogP) is 4.37. The topological polar surface area (TPSA) is 9.23 Å². The summed E-state index contributed by atoms with van der Waals surface area (Å²) in [4.78, 5) is 0. The van der Waals surface area contributed by atoms with Gasteiger partial charge in [-0.15, -0.1) is 6.58 Å². The Labute approximate surface area is 99.1 Å². The van der Waals surface area contributed by atoms with Crippen LogP contribution in [-0.2, 0) is 6.42 Å². The second kappa shape index (κ2) is 7.98. The zero-order chi connectivity index (χ0) is 11.6. The Morgan fingerprint density at radius 1 is 1.19 bits per heavy atom. The van der Waals surface area contributed by atoms with E-state index in [0.717, 1.165) is 31.6 Å². The molecule has 0 radical (unpaired) electrons. The van der Waals surface area contributed by atoms with Crippen molar-refractivity contribution in [1.29, 1.82) is 0 Å². The molecule has 88 valence electrons. The standard InChI is InChI=1S/C15H22O/c1-3-5-6-7-10-13-16-15-12-9-8-11-14(15)4-2/h3,8-9,11-12H,1,4-7,10,13H2,2H3. The molecule has 0 saturated heterocycles. The van der Waals surface area contributed by atoms with Crippen LogP contribution in [0.4, 0.5) is 0 Å². The summed E-state index contributed by atoms with van der Waals surface area (Å²) in [5, 5.41) is 0. The number of benzene rings is 1. The monoisotopic (exact) mass is 218 g/mol. The van der Waals surface area contributed by atoms with Crippen LogP contribution in [0.2, 0.25) is 0 Å². The van der Waals surface area contributed by atoms with E-state index in [-0.39, 0.29) is 0 Å². The van der Waals surface area contributed by atoms with Crippen LogP contribution in [0.3, 0.4) is 0 Å². The number of para-hydroxylation sites is 1. The highest BCUT2D eigenvalue weighted by Gasteiger charge is 1.99. The summed E-state index contributed by atoms with van der Waals surface area (Å²) in [5.74, 6) is 1.05. The lowest BCUT2D eigenvalue weighted by Gasteiger charge is -2.09. The minimum absolute atomic E-state index is 0.828. The zero-order valence-electron chi connectivity index (χ0n) is 10.2. The number of hydrogen-bond donors (Lipinski definition) is 0. The van der Waals surface area contributed by atoms with Crippen LogP contribution in [0.5, 0.6) is 5.75 Å². The van der Waals surface area contributed by atoms with Crippen molar-refractivity contribution in [1.82, 2.24) is 0 Å². The van der Waals surface area contributed by atoms with Crippen molar-refractivity contribution in [3.8, 4) is 5.75 Å². The fourth-order valence-corrected chi connectivity index (χ4v) is 1.69. The highest BCUT2D eigenvalue weighted by Crippen LogP contribution is 2.18. The van der Waals surface area contributed by atoms with E-state index in [2.05, 4.69) is 31.7 Å². The van der Waals surface area contributed by atoms with Gasteiger partial charge in [0.1, 0.15) is 5.75 Å². The summed E-state index contributed by atoms with van der Waals surface area (Å²) in [6, 6.07) is 8.29. The maximum absolute atomic E-state index is 5.78. The van der Waals surface area contributed by atoms with E-state index in [4.69, 9.17) is 4.74 Å². The molecular weight excluding hydrogens is 196 g/mol. The van der Waals surface area contributed by atoms with Gasteiger partial charge in [0.2, 0.25) is 0 Å². The Balaban J connectivity index is 2.23. The van der Waals surface area contributed by atoms with Crippen molar-refractivity contribution >= 4 is 0 Å². The fraction of sp³-hybridized carbons (Fsp3) is 0.467. The largest absolute Gasteiger partial charge is 0.493 e. The molecule has 0 aromatic heterocycles. The molecule has 0 unspecified atom stereocenters. The Morgan fingerprint density at radius 3 is 2.75 bits per heavy atom. The minimum atomic E-state index is 0.828. The number of rotatable bonds is 8. The molecular formula is C15H22O. The first-order chi connectivity index (χ1) is 7.88. The molecule has 0 heterocycles. The third-order valence-electron chi connectivity index (χ3n) is 2.66. The van der Waals surface area contributed by atoms with Crippen LogP contribution in [0.1, 0.15) is 38.2 Å². The Bertz CT molecular complexity index is 304. The molecule has 0 saturated carbocycles. The van der Waals surface area contributed by atoms with Gasteiger partial charge in [-0.2, -0.15) is 0 Å². The molecule has 0 N–H and O–H groups in total. The molecule has 1 aromatic carbocycles. The van der Waals surface area contributed by atoms with Gasteiger partial charge in [0.25, 0.3) is 0 Å². The second-order valence-electron chi connectivity index (χ2n) is 3.95. The number of ether oxygens (including phenoxy) is 1. The van der Waals surface area contributed by atoms with Crippen LogP contribution in [0, 0.1) is 0 Å². The molecule has 0 aliphatic rings. The van der Waals surface area contributed by atoms with Gasteiger partial charge in [0, 0.05) is 0 Å². The van der Waals surface area contributed by atoms with E-state index in [0.29, 0.717) is 0 Å². The fourth-order valence-electron chi connectivity index (χ4n) is 1.69. The van der Waals surface area contributed by atoms with Gasteiger partial charge in [0.15, 0.2) is 0 Å². The molecule has 0 bridgehead atoms. The number of aryl methyl sites for hydroxylation is 1. The van der Waals surface area contributed by atoms with Gasteiger partial charge in [-0.25, -0.2) is 0 Å². The molecule has 1 aromatic rings. The van der Waals surface area contributed by atoms with Gasteiger partial charge in [-0.05, 0) is 43.7 Å². The smallest absolute Gasteiger partial charge is 0.122 e. The van der Waals surface area contributed by atoms with Gasteiger partial charge in [-0.3, -0.25) is 0 Å². The number of allylic oxidation sites excluding steroid dienone is 1. The highest BCUT2D eigenvalue weighted by atomic mass is 16.5. The van der Waals surface area contributed by atoms with Gasteiger partial charge in [-0.1, -0.05) is 31.2 Å². The van der Waals surface area contributed by atoms with Crippen LogP contribution in [0.15, 0.2) is 36.9 Å². The average Bonchev–Trinajstić information content (AvgIpc) is 2.34. The molecule has 0 aliphatic heterocycles. The van der Waals surface area contributed by atoms with Gasteiger partial charge in [0.05, 0.1) is 6.61 Å². The Hall–Kier alpha value is -1.24. The molecule has 16 heavy (non-hydrogen) atoms. The molecule has 1 rings (SSSR count). The van der Waals surface area contributed by atoms with E-state index >= 15 is 0 Å². The number of unbranched alkanes of at least 4 members (excludes halogenated alkanes) is 3. The summed E-state index contributed by atoms with van der Waals surface area (Å²) in [6.45, 7) is 6.70. The third kappa shape index (κ3) is 4.52. The molecule has 1 nitrogen and oxygen atoms in total. The Kier molecular flexibility index (Phi) is 6.39. The maximum atomic E-state index is 5.78. The normalized spacial score (nSPS) is 10.1. The maximum Gasteiger partial charge on any atom is 0.122 e. The van der Waals surface area contributed by atoms with E-state index in [1.807, 2.05) is 12.1 Å². The van der Waals surface area contributed by atoms with Crippen molar-refractivity contribution in [2.24, 2.45) is 0 Å². The van der Waals surface area contributed by atoms with Gasteiger partial charge < -0.3 is 4.74 Å². The van der Waals surface area contributed by atoms with Crippen molar-refractivity contribution in [2.45, 2.75) is 39.0 Å². The summed E-state index contributed by atoms with van der Waals surface area (Å²) in [6.07, 6.45) is 7.71. The lowest BCUT2D eigenvalue weighted by Crippen LogP contribution is -1.99. The first-order valence-corrected chi connectivity index (χ1v) is 6.20. The predicted molar refractivity (Wildman–Crippen MR) is 70.0 cm³/mol. The van der Waals surface area contributed by atoms with Crippen LogP contribution < -0.4 is 4.74 Å². The van der Waals surface area contributed by atoms with Crippen LogP contribution >= 0.6 is 0 Å². The molecule has 0 aliphatic carbocycles. The summed E-state index contributed by atoms with van der Waals surface area (Å²) < 4.78 is 5.78. The summed E-state index contributed by atoms with van der Waals surface area (Å²) >= 11 is 0. The molecule has 0 amide bonds. The Morgan fingerprint density at radius 2 is 2.00 bits per heavy atom. The van der Waals surface area contributed by atoms with E-state index in [1.54, 1.807) is 0 Å². The first kappa shape index (κ1) is 12.8.